The largest absolute Gasteiger partial charge is 0.0622 e. The van der Waals surface area contributed by atoms with Crippen LogP contribution in [0.1, 0.15) is 34.7 Å². The Balaban J connectivity index is 1.73. The predicted octanol–water partition coefficient (Wildman–Crippen LogP) is 7.24. The lowest BCUT2D eigenvalue weighted by molar-refractivity contribution is 1.26. The first-order chi connectivity index (χ1) is 13.8. The summed E-state index contributed by atoms with van der Waals surface area (Å²) < 4.78 is 0. The van der Waals surface area contributed by atoms with Crippen LogP contribution in [0, 0.1) is 0 Å². The van der Waals surface area contributed by atoms with Crippen molar-refractivity contribution in [2.75, 3.05) is 0 Å². The lowest BCUT2D eigenvalue weighted by Gasteiger charge is -2.15. The molecule has 0 nitrogen and oxygen atoms in total. The van der Waals surface area contributed by atoms with E-state index in [4.69, 9.17) is 0 Å². The molecule has 1 aliphatic rings. The van der Waals surface area contributed by atoms with Gasteiger partial charge in [-0.15, -0.1) is 0 Å². The van der Waals surface area contributed by atoms with Crippen LogP contribution in [0.15, 0.2) is 103 Å². The smallest absolute Gasteiger partial charge is 0.00134 e. The maximum absolute atomic E-state index is 2.38. The Hall–Kier alpha value is -3.38. The maximum Gasteiger partial charge on any atom is -0.00134 e. The fraction of sp³-hybridized carbons (Fsp3) is 0.0714. The third-order valence-electron chi connectivity index (χ3n) is 5.73. The van der Waals surface area contributed by atoms with Gasteiger partial charge in [-0.05, 0) is 69.5 Å². The summed E-state index contributed by atoms with van der Waals surface area (Å²) in [5.41, 5.74) is 12.0. The van der Waals surface area contributed by atoms with Crippen LogP contribution in [0.3, 0.4) is 0 Å². The third kappa shape index (κ3) is 2.88. The Morgan fingerprint density at radius 1 is 0.536 bits per heavy atom. The molecular formula is C28H22. The zero-order chi connectivity index (χ0) is 18.9. The molecule has 0 heterocycles. The second-order valence-electron chi connectivity index (χ2n) is 7.44. The standard InChI is InChI=1S/C28H22/c1-20(21-10-4-2-5-11-21)28(22-12-6-3-7-13-22)25-17-16-24-18-23-14-8-9-15-26(23)27(24)19-25/h2-17,19H,18H2,1H3/b28-20-. The summed E-state index contributed by atoms with van der Waals surface area (Å²) in [7, 11) is 0. The minimum Gasteiger partial charge on any atom is -0.0622 e. The summed E-state index contributed by atoms with van der Waals surface area (Å²) in [6.07, 6.45) is 1.04. The fourth-order valence-electron chi connectivity index (χ4n) is 4.32. The zero-order valence-corrected chi connectivity index (χ0v) is 16.0. The molecule has 0 aliphatic heterocycles. The van der Waals surface area contributed by atoms with Gasteiger partial charge in [-0.25, -0.2) is 0 Å². The molecule has 0 bridgehead atoms. The molecule has 28 heavy (non-hydrogen) atoms. The van der Waals surface area contributed by atoms with E-state index >= 15 is 0 Å². The summed E-state index contributed by atoms with van der Waals surface area (Å²) in [6.45, 7) is 2.23. The molecule has 0 atom stereocenters. The number of benzene rings is 4. The first-order valence-corrected chi connectivity index (χ1v) is 9.84. The van der Waals surface area contributed by atoms with Gasteiger partial charge >= 0.3 is 0 Å². The molecular weight excluding hydrogens is 336 g/mol. The van der Waals surface area contributed by atoms with E-state index in [1.165, 1.54) is 50.1 Å². The first kappa shape index (κ1) is 16.8. The molecule has 0 spiro atoms. The molecule has 0 heteroatoms. The van der Waals surface area contributed by atoms with Crippen molar-refractivity contribution < 1.29 is 0 Å². The normalized spacial score (nSPS) is 12.9. The van der Waals surface area contributed by atoms with Crippen molar-refractivity contribution in [1.82, 2.24) is 0 Å². The second kappa shape index (κ2) is 6.98. The van der Waals surface area contributed by atoms with Gasteiger partial charge < -0.3 is 0 Å². The van der Waals surface area contributed by atoms with Crippen LogP contribution in [0.2, 0.25) is 0 Å². The highest BCUT2D eigenvalue weighted by molar-refractivity contribution is 5.99. The zero-order valence-electron chi connectivity index (χ0n) is 16.0. The van der Waals surface area contributed by atoms with Gasteiger partial charge in [0, 0.05) is 0 Å². The summed E-state index contributed by atoms with van der Waals surface area (Å²) in [4.78, 5) is 0. The Labute approximate surface area is 166 Å². The number of hydrogen-bond donors (Lipinski definition) is 0. The average Bonchev–Trinajstić information content (AvgIpc) is 3.13. The molecule has 0 radical (unpaired) electrons. The van der Waals surface area contributed by atoms with Gasteiger partial charge in [0.15, 0.2) is 0 Å². The number of allylic oxidation sites excluding steroid dienone is 1. The van der Waals surface area contributed by atoms with Gasteiger partial charge in [0.25, 0.3) is 0 Å². The Morgan fingerprint density at radius 3 is 1.89 bits per heavy atom. The monoisotopic (exact) mass is 358 g/mol. The molecule has 0 saturated carbocycles. The van der Waals surface area contributed by atoms with Crippen molar-refractivity contribution in [3.8, 4) is 11.1 Å². The van der Waals surface area contributed by atoms with E-state index in [9.17, 15) is 0 Å². The molecule has 134 valence electrons. The minimum atomic E-state index is 1.04. The van der Waals surface area contributed by atoms with Crippen molar-refractivity contribution in [3.63, 3.8) is 0 Å². The number of hydrogen-bond acceptors (Lipinski definition) is 0. The van der Waals surface area contributed by atoms with E-state index in [0.29, 0.717) is 0 Å². The van der Waals surface area contributed by atoms with Gasteiger partial charge in [-0.1, -0.05) is 97.1 Å². The van der Waals surface area contributed by atoms with Crippen LogP contribution in [0.25, 0.3) is 22.3 Å². The number of fused-ring (bicyclic) bond motifs is 3. The number of rotatable bonds is 3. The van der Waals surface area contributed by atoms with Crippen molar-refractivity contribution in [3.05, 3.63) is 131 Å². The fourth-order valence-corrected chi connectivity index (χ4v) is 4.32. The molecule has 0 unspecified atom stereocenters. The van der Waals surface area contributed by atoms with Crippen LogP contribution < -0.4 is 0 Å². The first-order valence-electron chi connectivity index (χ1n) is 9.84. The SMILES string of the molecule is C/C(=C(\c1ccccc1)c1ccc2c(c1)-c1ccccc1C2)c1ccccc1. The van der Waals surface area contributed by atoms with Crippen LogP contribution in [-0.2, 0) is 6.42 Å². The molecule has 4 aromatic carbocycles. The van der Waals surface area contributed by atoms with Gasteiger partial charge in [-0.3, -0.25) is 0 Å². The predicted molar refractivity (Wildman–Crippen MR) is 119 cm³/mol. The van der Waals surface area contributed by atoms with Crippen molar-refractivity contribution in [2.45, 2.75) is 13.3 Å². The molecule has 1 aliphatic carbocycles. The van der Waals surface area contributed by atoms with Crippen molar-refractivity contribution >= 4 is 11.1 Å². The van der Waals surface area contributed by atoms with E-state index in [1.807, 2.05) is 0 Å². The van der Waals surface area contributed by atoms with Gasteiger partial charge in [0.2, 0.25) is 0 Å². The van der Waals surface area contributed by atoms with Crippen molar-refractivity contribution in [2.24, 2.45) is 0 Å². The lowest BCUT2D eigenvalue weighted by Crippen LogP contribution is -1.94. The highest BCUT2D eigenvalue weighted by atomic mass is 14.2. The summed E-state index contributed by atoms with van der Waals surface area (Å²) in [6, 6.07) is 37.2. The van der Waals surface area contributed by atoms with Gasteiger partial charge in [0.1, 0.15) is 0 Å². The second-order valence-corrected chi connectivity index (χ2v) is 7.44. The van der Waals surface area contributed by atoms with Crippen molar-refractivity contribution in [1.29, 1.82) is 0 Å². The van der Waals surface area contributed by atoms with E-state index in [0.717, 1.165) is 6.42 Å². The van der Waals surface area contributed by atoms with E-state index in [-0.39, 0.29) is 0 Å². The Bertz CT molecular complexity index is 1170. The molecule has 0 amide bonds. The molecule has 0 saturated heterocycles. The average molecular weight is 358 g/mol. The summed E-state index contributed by atoms with van der Waals surface area (Å²) in [5, 5.41) is 0. The van der Waals surface area contributed by atoms with Crippen LogP contribution in [0.4, 0.5) is 0 Å². The maximum atomic E-state index is 2.38. The van der Waals surface area contributed by atoms with E-state index in [2.05, 4.69) is 110 Å². The topological polar surface area (TPSA) is 0 Å². The molecule has 0 fully saturated rings. The van der Waals surface area contributed by atoms with Crippen LogP contribution in [-0.4, -0.2) is 0 Å². The lowest BCUT2D eigenvalue weighted by atomic mass is 9.88. The highest BCUT2D eigenvalue weighted by Crippen LogP contribution is 2.40. The third-order valence-corrected chi connectivity index (χ3v) is 5.73. The highest BCUT2D eigenvalue weighted by Gasteiger charge is 2.19. The van der Waals surface area contributed by atoms with E-state index < -0.39 is 0 Å². The molecule has 5 rings (SSSR count). The van der Waals surface area contributed by atoms with Crippen LogP contribution in [0.5, 0.6) is 0 Å². The van der Waals surface area contributed by atoms with Crippen LogP contribution >= 0.6 is 0 Å². The van der Waals surface area contributed by atoms with E-state index in [1.54, 1.807) is 0 Å². The molecule has 0 N–H and O–H groups in total. The summed E-state index contributed by atoms with van der Waals surface area (Å²) in [5.74, 6) is 0. The Morgan fingerprint density at radius 2 is 1.14 bits per heavy atom. The van der Waals surface area contributed by atoms with Gasteiger partial charge in [0.05, 0.1) is 0 Å². The molecule has 0 aromatic heterocycles. The van der Waals surface area contributed by atoms with Gasteiger partial charge in [-0.2, -0.15) is 0 Å². The minimum absolute atomic E-state index is 1.04. The summed E-state index contributed by atoms with van der Waals surface area (Å²) >= 11 is 0. The molecule has 4 aromatic rings. The quantitative estimate of drug-likeness (QED) is 0.298. The Kier molecular flexibility index (Phi) is 4.18.